The summed E-state index contributed by atoms with van der Waals surface area (Å²) in [6, 6.07) is 9.13. The van der Waals surface area contributed by atoms with E-state index in [-0.39, 0.29) is 38.1 Å². The Hall–Kier alpha value is -2.60. The van der Waals surface area contributed by atoms with Gasteiger partial charge in [0.15, 0.2) is 11.5 Å². The van der Waals surface area contributed by atoms with Gasteiger partial charge in [0.2, 0.25) is 22.7 Å². The molecule has 0 atom stereocenters. The fourth-order valence-corrected chi connectivity index (χ4v) is 6.03. The van der Waals surface area contributed by atoms with Crippen LogP contribution in [0.1, 0.15) is 37.5 Å². The monoisotopic (exact) mass is 535 g/mol. The van der Waals surface area contributed by atoms with Gasteiger partial charge in [-0.25, -0.2) is 8.42 Å². The number of amides is 1. The van der Waals surface area contributed by atoms with Gasteiger partial charge in [-0.3, -0.25) is 9.69 Å². The van der Waals surface area contributed by atoms with E-state index in [2.05, 4.69) is 4.90 Å². The molecule has 2 aliphatic heterocycles. The van der Waals surface area contributed by atoms with Crippen LogP contribution in [-0.4, -0.2) is 86.9 Å². The Labute approximate surface area is 219 Å². The van der Waals surface area contributed by atoms with E-state index in [0.29, 0.717) is 49.9 Å². The topological polar surface area (TPSA) is 102 Å². The van der Waals surface area contributed by atoms with Crippen LogP contribution in [0.25, 0.3) is 0 Å². The predicted octanol–water partition coefficient (Wildman–Crippen LogP) is 2.69. The van der Waals surface area contributed by atoms with Crippen molar-refractivity contribution >= 4 is 15.9 Å². The first-order valence-corrected chi connectivity index (χ1v) is 14.5. The van der Waals surface area contributed by atoms with Crippen LogP contribution in [0.4, 0.5) is 0 Å². The number of carbonyl (C=O) groups excluding carboxylic acids is 1. The van der Waals surface area contributed by atoms with E-state index in [1.807, 2.05) is 25.1 Å². The molecule has 2 aliphatic rings. The maximum atomic E-state index is 13.6. The van der Waals surface area contributed by atoms with Crippen molar-refractivity contribution in [2.75, 3.05) is 58.5 Å². The third-order valence-corrected chi connectivity index (χ3v) is 8.44. The first-order chi connectivity index (χ1) is 17.9. The lowest BCUT2D eigenvalue weighted by atomic mass is 10.2. The van der Waals surface area contributed by atoms with Crippen molar-refractivity contribution in [3.63, 3.8) is 0 Å². The maximum absolute atomic E-state index is 13.6. The van der Waals surface area contributed by atoms with E-state index < -0.39 is 10.0 Å². The van der Waals surface area contributed by atoms with Gasteiger partial charge in [-0.1, -0.05) is 19.4 Å². The molecule has 37 heavy (non-hydrogen) atoms. The highest BCUT2D eigenvalue weighted by atomic mass is 32.2. The molecule has 4 rings (SSSR count). The number of fused-ring (bicyclic) bond motifs is 1. The van der Waals surface area contributed by atoms with E-state index in [4.69, 9.17) is 18.6 Å². The Bertz CT molecular complexity index is 1100. The molecule has 0 spiro atoms. The molecule has 1 fully saturated rings. The summed E-state index contributed by atoms with van der Waals surface area (Å²) in [5, 5.41) is 0. The lowest BCUT2D eigenvalue weighted by Crippen LogP contribution is -2.44. The summed E-state index contributed by atoms with van der Waals surface area (Å²) < 4.78 is 49.5. The van der Waals surface area contributed by atoms with Gasteiger partial charge >= 0.3 is 0 Å². The zero-order valence-electron chi connectivity index (χ0n) is 21.5. The molecule has 3 heterocycles. The molecule has 0 N–H and O–H groups in total. The molecule has 0 radical (unpaired) electrons. The minimum Gasteiger partial charge on any atom is -0.467 e. The molecule has 1 amide bonds. The largest absolute Gasteiger partial charge is 0.467 e. The number of unbranched alkanes of at least 4 members (excludes halogenated alkanes) is 1. The number of morpholine rings is 1. The van der Waals surface area contributed by atoms with Crippen LogP contribution in [-0.2, 0) is 32.6 Å². The van der Waals surface area contributed by atoms with E-state index in [1.165, 1.54) is 4.31 Å². The molecule has 1 saturated heterocycles. The summed E-state index contributed by atoms with van der Waals surface area (Å²) in [5.41, 5.74) is 0.858. The first kappa shape index (κ1) is 27.4. The Kier molecular flexibility index (Phi) is 9.84. The van der Waals surface area contributed by atoms with Gasteiger partial charge in [0.25, 0.3) is 0 Å². The Balaban J connectivity index is 1.46. The van der Waals surface area contributed by atoms with Crippen molar-refractivity contribution < 1.29 is 31.8 Å². The highest BCUT2D eigenvalue weighted by molar-refractivity contribution is 7.89. The highest BCUT2D eigenvalue weighted by Gasteiger charge is 2.27. The summed E-state index contributed by atoms with van der Waals surface area (Å²) in [7, 11) is -3.58. The zero-order valence-corrected chi connectivity index (χ0v) is 22.3. The van der Waals surface area contributed by atoms with Crippen molar-refractivity contribution in [3.05, 3.63) is 47.9 Å². The zero-order chi connectivity index (χ0) is 26.1. The molecular formula is C26H37N3O7S. The second-order valence-electron chi connectivity index (χ2n) is 9.33. The number of ether oxygens (including phenoxy) is 3. The SMILES string of the molecule is CCCCS(=O)(=O)N(CCCN1CCOCC1)CC(=O)N(Cc1ccc2c(c1)OCO2)Cc1ccco1. The summed E-state index contributed by atoms with van der Waals surface area (Å²) in [6.07, 6.45) is 3.54. The van der Waals surface area contributed by atoms with Crippen molar-refractivity contribution in [3.8, 4) is 11.5 Å². The van der Waals surface area contributed by atoms with Gasteiger partial charge in [0.1, 0.15) is 5.76 Å². The Morgan fingerprint density at radius 2 is 1.86 bits per heavy atom. The van der Waals surface area contributed by atoms with Gasteiger partial charge in [-0.05, 0) is 49.2 Å². The Morgan fingerprint density at radius 1 is 1.05 bits per heavy atom. The summed E-state index contributed by atoms with van der Waals surface area (Å²) in [5.74, 6) is 1.69. The molecule has 11 heteroatoms. The van der Waals surface area contributed by atoms with Crippen LogP contribution in [0, 0.1) is 0 Å². The normalized spacial score (nSPS) is 15.8. The summed E-state index contributed by atoms with van der Waals surface area (Å²) in [6.45, 7) is 6.57. The average Bonchev–Trinajstić information content (AvgIpc) is 3.59. The van der Waals surface area contributed by atoms with E-state index in [9.17, 15) is 13.2 Å². The quantitative estimate of drug-likeness (QED) is 0.364. The minimum atomic E-state index is -3.58. The number of benzene rings is 1. The van der Waals surface area contributed by atoms with Gasteiger partial charge in [-0.2, -0.15) is 4.31 Å². The smallest absolute Gasteiger partial charge is 0.238 e. The number of hydrogen-bond donors (Lipinski definition) is 0. The third-order valence-electron chi connectivity index (χ3n) is 6.54. The summed E-state index contributed by atoms with van der Waals surface area (Å²) >= 11 is 0. The molecular weight excluding hydrogens is 498 g/mol. The Morgan fingerprint density at radius 3 is 2.62 bits per heavy atom. The van der Waals surface area contributed by atoms with E-state index >= 15 is 0 Å². The van der Waals surface area contributed by atoms with Crippen molar-refractivity contribution in [1.82, 2.24) is 14.1 Å². The molecule has 0 unspecified atom stereocenters. The first-order valence-electron chi connectivity index (χ1n) is 12.9. The van der Waals surface area contributed by atoms with Crippen molar-refractivity contribution in [1.29, 1.82) is 0 Å². The molecule has 204 valence electrons. The number of carbonyl (C=O) groups is 1. The standard InChI is InChI=1S/C26H37N3O7S/c1-2-3-16-37(31,32)29(10-5-9-27-11-14-33-15-12-27)20-26(30)28(19-23-6-4-13-34-23)18-22-7-8-24-25(17-22)36-21-35-24/h4,6-8,13,17H,2-3,5,9-12,14-16,18-21H2,1H3. The highest BCUT2D eigenvalue weighted by Crippen LogP contribution is 2.33. The second-order valence-corrected chi connectivity index (χ2v) is 11.4. The minimum absolute atomic E-state index is 0.0364. The lowest BCUT2D eigenvalue weighted by molar-refractivity contribution is -0.133. The molecule has 0 bridgehead atoms. The molecule has 0 saturated carbocycles. The average molecular weight is 536 g/mol. The van der Waals surface area contributed by atoms with Gasteiger partial charge in [0.05, 0.1) is 38.3 Å². The third kappa shape index (κ3) is 7.94. The number of rotatable bonds is 14. The molecule has 1 aromatic heterocycles. The van der Waals surface area contributed by atoms with Crippen molar-refractivity contribution in [2.45, 2.75) is 39.3 Å². The van der Waals surface area contributed by atoms with Gasteiger partial charge in [-0.15, -0.1) is 0 Å². The molecule has 1 aromatic carbocycles. The van der Waals surface area contributed by atoms with Crippen LogP contribution in [0.5, 0.6) is 11.5 Å². The summed E-state index contributed by atoms with van der Waals surface area (Å²) in [4.78, 5) is 17.5. The van der Waals surface area contributed by atoms with Crippen molar-refractivity contribution in [2.24, 2.45) is 0 Å². The van der Waals surface area contributed by atoms with Crippen LogP contribution in [0.15, 0.2) is 41.0 Å². The number of nitrogens with zero attached hydrogens (tertiary/aromatic N) is 3. The number of furan rings is 1. The maximum Gasteiger partial charge on any atom is 0.238 e. The fraction of sp³-hybridized carbons (Fsp3) is 0.577. The second kappa shape index (κ2) is 13.3. The van der Waals surface area contributed by atoms with Gasteiger partial charge < -0.3 is 23.5 Å². The molecule has 2 aromatic rings. The lowest BCUT2D eigenvalue weighted by Gasteiger charge is -2.29. The number of sulfonamides is 1. The van der Waals surface area contributed by atoms with E-state index in [0.717, 1.165) is 31.6 Å². The fourth-order valence-electron chi connectivity index (χ4n) is 4.40. The number of hydrogen-bond acceptors (Lipinski definition) is 8. The van der Waals surface area contributed by atoms with E-state index in [1.54, 1.807) is 23.3 Å². The van der Waals surface area contributed by atoms with Crippen LogP contribution < -0.4 is 9.47 Å². The molecule has 10 nitrogen and oxygen atoms in total. The van der Waals surface area contributed by atoms with Crippen LogP contribution in [0.2, 0.25) is 0 Å². The van der Waals surface area contributed by atoms with Gasteiger partial charge in [0, 0.05) is 26.2 Å². The van der Waals surface area contributed by atoms with Crippen LogP contribution >= 0.6 is 0 Å². The predicted molar refractivity (Wildman–Crippen MR) is 138 cm³/mol. The van der Waals surface area contributed by atoms with Crippen LogP contribution in [0.3, 0.4) is 0 Å². The molecule has 0 aliphatic carbocycles.